The van der Waals surface area contributed by atoms with Crippen LogP contribution in [0.5, 0.6) is 0 Å². The number of fused-ring (bicyclic) bond motifs is 1. The minimum Gasteiger partial charge on any atom is -0.322 e. The van der Waals surface area contributed by atoms with Crippen molar-refractivity contribution in [3.05, 3.63) is 88.1 Å². The number of rotatable bonds is 4. The van der Waals surface area contributed by atoms with Gasteiger partial charge in [-0.1, -0.05) is 12.1 Å². The molecule has 0 unspecified atom stereocenters. The molecule has 0 bridgehead atoms. The molecule has 0 aliphatic carbocycles. The van der Waals surface area contributed by atoms with E-state index in [-0.39, 0.29) is 10.8 Å². The number of sulfonamides is 1. The van der Waals surface area contributed by atoms with Gasteiger partial charge in [-0.05, 0) is 88.9 Å². The van der Waals surface area contributed by atoms with Gasteiger partial charge < -0.3 is 5.32 Å². The Bertz CT molecular complexity index is 1210. The Kier molecular flexibility index (Phi) is 5.62. The van der Waals surface area contributed by atoms with Gasteiger partial charge in [0.05, 0.1) is 16.1 Å². The van der Waals surface area contributed by atoms with Gasteiger partial charge in [-0.15, -0.1) is 0 Å². The number of hydrogen-bond acceptors (Lipinski definition) is 3. The average Bonchev–Trinajstić information content (AvgIpc) is 2.73. The Morgan fingerprint density at radius 3 is 2.50 bits per heavy atom. The molecule has 5 nitrogen and oxygen atoms in total. The van der Waals surface area contributed by atoms with Crippen LogP contribution in [0.4, 0.5) is 15.8 Å². The van der Waals surface area contributed by atoms with Gasteiger partial charge in [-0.3, -0.25) is 9.10 Å². The van der Waals surface area contributed by atoms with Gasteiger partial charge in [-0.25, -0.2) is 12.8 Å². The zero-order chi connectivity index (χ0) is 21.3. The monoisotopic (exact) mass is 488 g/mol. The fourth-order valence-electron chi connectivity index (χ4n) is 3.47. The second kappa shape index (κ2) is 8.20. The number of carbonyl (C=O) groups excluding carboxylic acids is 1. The van der Waals surface area contributed by atoms with Gasteiger partial charge in [-0.2, -0.15) is 0 Å². The third-order valence-corrected chi connectivity index (χ3v) is 7.45. The normalized spacial score (nSPS) is 13.6. The summed E-state index contributed by atoms with van der Waals surface area (Å²) in [5, 5.41) is 2.86. The van der Waals surface area contributed by atoms with E-state index in [1.807, 2.05) is 6.07 Å². The molecule has 4 rings (SSSR count). The lowest BCUT2D eigenvalue weighted by molar-refractivity contribution is 0.102. The van der Waals surface area contributed by atoms with Gasteiger partial charge in [0, 0.05) is 16.7 Å². The summed E-state index contributed by atoms with van der Waals surface area (Å²) >= 11 is 3.37. The van der Waals surface area contributed by atoms with Crippen LogP contribution < -0.4 is 9.62 Å². The van der Waals surface area contributed by atoms with E-state index in [1.165, 1.54) is 16.4 Å². The minimum absolute atomic E-state index is 0.0445. The molecule has 0 atom stereocenters. The average molecular weight is 489 g/mol. The zero-order valence-electron chi connectivity index (χ0n) is 15.8. The van der Waals surface area contributed by atoms with Gasteiger partial charge in [0.15, 0.2) is 0 Å². The van der Waals surface area contributed by atoms with Crippen LogP contribution in [0, 0.1) is 5.82 Å². The molecular formula is C22H18BrFN2O3S. The first-order valence-electron chi connectivity index (χ1n) is 9.33. The quantitative estimate of drug-likeness (QED) is 0.562. The number of nitrogens with zero attached hydrogens (tertiary/aromatic N) is 1. The first-order chi connectivity index (χ1) is 14.4. The number of halogens is 2. The lowest BCUT2D eigenvalue weighted by Gasteiger charge is -2.31. The molecule has 1 amide bonds. The molecule has 3 aromatic carbocycles. The van der Waals surface area contributed by atoms with Crippen molar-refractivity contribution in [2.75, 3.05) is 16.2 Å². The molecule has 0 saturated carbocycles. The van der Waals surface area contributed by atoms with Gasteiger partial charge >= 0.3 is 0 Å². The number of anilines is 2. The smallest absolute Gasteiger partial charge is 0.264 e. The highest BCUT2D eigenvalue weighted by Crippen LogP contribution is 2.34. The number of nitrogens with one attached hydrogen (secondary N) is 1. The molecule has 0 saturated heterocycles. The lowest BCUT2D eigenvalue weighted by Crippen LogP contribution is -2.35. The summed E-state index contributed by atoms with van der Waals surface area (Å²) in [4.78, 5) is 12.6. The maximum absolute atomic E-state index is 13.2. The second-order valence-electron chi connectivity index (χ2n) is 6.91. The van der Waals surface area contributed by atoms with Gasteiger partial charge in [0.25, 0.3) is 15.9 Å². The molecule has 1 N–H and O–H groups in total. The molecule has 154 valence electrons. The number of hydrogen-bond donors (Lipinski definition) is 1. The van der Waals surface area contributed by atoms with Crippen molar-refractivity contribution in [3.63, 3.8) is 0 Å². The van der Waals surface area contributed by atoms with Crippen LogP contribution in [-0.4, -0.2) is 20.9 Å². The number of aryl methyl sites for hydroxylation is 1. The summed E-state index contributed by atoms with van der Waals surface area (Å²) in [6, 6.07) is 17.1. The molecule has 30 heavy (non-hydrogen) atoms. The van der Waals surface area contributed by atoms with E-state index >= 15 is 0 Å². The molecular weight excluding hydrogens is 471 g/mol. The first-order valence-corrected chi connectivity index (χ1v) is 11.6. The summed E-state index contributed by atoms with van der Waals surface area (Å²) in [6.45, 7) is 0.343. The number of amides is 1. The van der Waals surface area contributed by atoms with Crippen LogP contribution in [0.2, 0.25) is 0 Å². The van der Waals surface area contributed by atoms with E-state index in [1.54, 1.807) is 36.4 Å². The summed E-state index contributed by atoms with van der Waals surface area (Å²) in [5.41, 5.74) is 2.51. The van der Waals surface area contributed by atoms with Gasteiger partial charge in [0.2, 0.25) is 0 Å². The van der Waals surface area contributed by atoms with Crippen molar-refractivity contribution < 1.29 is 17.6 Å². The van der Waals surface area contributed by atoms with Crippen LogP contribution in [0.25, 0.3) is 0 Å². The Labute approximate surface area is 182 Å². The van der Waals surface area contributed by atoms with Crippen LogP contribution >= 0.6 is 15.9 Å². The van der Waals surface area contributed by atoms with E-state index in [9.17, 15) is 17.6 Å². The van der Waals surface area contributed by atoms with Crippen LogP contribution in [-0.2, 0) is 16.4 Å². The van der Waals surface area contributed by atoms with Crippen LogP contribution in [0.1, 0.15) is 22.3 Å². The van der Waals surface area contributed by atoms with Crippen molar-refractivity contribution in [1.82, 2.24) is 0 Å². The molecule has 1 heterocycles. The molecule has 8 heteroatoms. The molecule has 0 fully saturated rings. The van der Waals surface area contributed by atoms with E-state index < -0.39 is 15.8 Å². The summed E-state index contributed by atoms with van der Waals surface area (Å²) in [5.74, 6) is -0.743. The largest absolute Gasteiger partial charge is 0.322 e. The first kappa shape index (κ1) is 20.6. The molecule has 0 aromatic heterocycles. The van der Waals surface area contributed by atoms with Crippen LogP contribution in [0.15, 0.2) is 76.1 Å². The predicted octanol–water partition coefficient (Wildman–Crippen LogP) is 4.98. The van der Waals surface area contributed by atoms with Gasteiger partial charge in [0.1, 0.15) is 5.82 Å². The molecule has 0 radical (unpaired) electrons. The Morgan fingerprint density at radius 2 is 1.77 bits per heavy atom. The third-order valence-electron chi connectivity index (χ3n) is 4.93. The number of carbonyl (C=O) groups is 1. The molecule has 1 aliphatic rings. The highest BCUT2D eigenvalue weighted by Gasteiger charge is 2.29. The Balaban J connectivity index is 1.62. The van der Waals surface area contributed by atoms with Crippen molar-refractivity contribution in [3.8, 4) is 0 Å². The summed E-state index contributed by atoms with van der Waals surface area (Å²) < 4.78 is 41.4. The fraction of sp³-hybridized carbons (Fsp3) is 0.136. The second-order valence-corrected chi connectivity index (χ2v) is 9.63. The van der Waals surface area contributed by atoms with E-state index in [0.717, 1.165) is 17.7 Å². The summed E-state index contributed by atoms with van der Waals surface area (Å²) in [6.07, 6.45) is 1.35. The van der Waals surface area contributed by atoms with E-state index in [4.69, 9.17) is 0 Å². The minimum atomic E-state index is -3.80. The maximum Gasteiger partial charge on any atom is 0.264 e. The standard InChI is InChI=1S/C22H18BrFN2O3S/c23-20-6-2-1-5-19(20)22(27)25-17-9-12-21-15(14-17)4-3-13-26(21)30(28,29)18-10-7-16(24)8-11-18/h1-2,5-12,14H,3-4,13H2,(H,25,27). The number of benzene rings is 3. The topological polar surface area (TPSA) is 66.5 Å². The SMILES string of the molecule is O=C(Nc1ccc2c(c1)CCCN2S(=O)(=O)c1ccc(F)cc1)c1ccccc1Br. The van der Waals surface area contributed by atoms with E-state index in [2.05, 4.69) is 21.2 Å². The van der Waals surface area contributed by atoms with Crippen molar-refractivity contribution in [2.24, 2.45) is 0 Å². The molecule has 0 spiro atoms. The third kappa shape index (κ3) is 3.97. The molecule has 1 aliphatic heterocycles. The zero-order valence-corrected chi connectivity index (χ0v) is 18.2. The van der Waals surface area contributed by atoms with Crippen LogP contribution in [0.3, 0.4) is 0 Å². The lowest BCUT2D eigenvalue weighted by atomic mass is 10.0. The molecule has 3 aromatic rings. The Hall–Kier alpha value is -2.71. The summed E-state index contributed by atoms with van der Waals surface area (Å²) in [7, 11) is -3.80. The highest BCUT2D eigenvalue weighted by atomic mass is 79.9. The van der Waals surface area contributed by atoms with Crippen molar-refractivity contribution in [1.29, 1.82) is 0 Å². The highest BCUT2D eigenvalue weighted by molar-refractivity contribution is 9.10. The predicted molar refractivity (Wildman–Crippen MR) is 118 cm³/mol. The fourth-order valence-corrected chi connectivity index (χ4v) is 5.47. The maximum atomic E-state index is 13.2. The van der Waals surface area contributed by atoms with E-state index in [0.29, 0.717) is 40.8 Å². The van der Waals surface area contributed by atoms with Crippen molar-refractivity contribution in [2.45, 2.75) is 17.7 Å². The van der Waals surface area contributed by atoms with Crippen molar-refractivity contribution >= 4 is 43.2 Å². The Morgan fingerprint density at radius 1 is 1.03 bits per heavy atom.